The summed E-state index contributed by atoms with van der Waals surface area (Å²) in [5.74, 6) is 0.322. The van der Waals surface area contributed by atoms with Gasteiger partial charge in [-0.05, 0) is 41.8 Å². The lowest BCUT2D eigenvalue weighted by Gasteiger charge is -2.16. The maximum absolute atomic E-state index is 13.5. The van der Waals surface area contributed by atoms with Gasteiger partial charge in [-0.3, -0.25) is 9.59 Å². The first-order valence-electron chi connectivity index (χ1n) is 10.3. The Morgan fingerprint density at radius 1 is 0.844 bits per heavy atom. The van der Waals surface area contributed by atoms with E-state index in [4.69, 9.17) is 9.47 Å². The Hall–Kier alpha value is -4.06. The predicted octanol–water partition coefficient (Wildman–Crippen LogP) is 4.66. The van der Waals surface area contributed by atoms with Crippen molar-refractivity contribution in [3.8, 4) is 11.5 Å². The van der Waals surface area contributed by atoms with Gasteiger partial charge in [-0.15, -0.1) is 0 Å². The van der Waals surface area contributed by atoms with Crippen LogP contribution < -0.4 is 19.7 Å². The monoisotopic (exact) mass is 428 g/mol. The third-order valence-electron chi connectivity index (χ3n) is 5.42. The van der Waals surface area contributed by atoms with Crippen LogP contribution in [0.3, 0.4) is 0 Å². The molecule has 0 unspecified atom stereocenters. The lowest BCUT2D eigenvalue weighted by atomic mass is 10.0. The summed E-state index contributed by atoms with van der Waals surface area (Å²) in [7, 11) is 3.11. The minimum absolute atomic E-state index is 0.198. The van der Waals surface area contributed by atoms with Crippen molar-refractivity contribution in [1.82, 2.24) is 0 Å². The van der Waals surface area contributed by atoms with Crippen LogP contribution in [0, 0.1) is 0 Å². The second-order valence-electron chi connectivity index (χ2n) is 7.27. The highest BCUT2D eigenvalue weighted by molar-refractivity contribution is 6.46. The van der Waals surface area contributed by atoms with Crippen molar-refractivity contribution in [2.75, 3.05) is 24.4 Å². The number of ether oxygens (including phenoxy) is 2. The van der Waals surface area contributed by atoms with Crippen LogP contribution in [0.1, 0.15) is 18.1 Å². The minimum Gasteiger partial charge on any atom is -0.497 e. The summed E-state index contributed by atoms with van der Waals surface area (Å²) in [6.07, 6.45) is 0.875. The van der Waals surface area contributed by atoms with Gasteiger partial charge in [0.2, 0.25) is 0 Å². The Balaban J connectivity index is 1.80. The molecule has 6 nitrogen and oxygen atoms in total. The van der Waals surface area contributed by atoms with Gasteiger partial charge in [-0.2, -0.15) is 0 Å². The summed E-state index contributed by atoms with van der Waals surface area (Å²) in [4.78, 5) is 28.2. The lowest BCUT2D eigenvalue weighted by molar-refractivity contribution is -0.120. The number of nitrogens with zero attached hydrogens (tertiary/aromatic N) is 1. The highest BCUT2D eigenvalue weighted by atomic mass is 16.5. The Kier molecular flexibility index (Phi) is 5.94. The number of benzene rings is 3. The van der Waals surface area contributed by atoms with Crippen molar-refractivity contribution in [3.63, 3.8) is 0 Å². The topological polar surface area (TPSA) is 67.9 Å². The van der Waals surface area contributed by atoms with Crippen LogP contribution in [0.5, 0.6) is 11.5 Å². The first-order valence-corrected chi connectivity index (χ1v) is 10.3. The first-order chi connectivity index (χ1) is 15.6. The van der Waals surface area contributed by atoms with Crippen LogP contribution >= 0.6 is 0 Å². The molecule has 3 aromatic carbocycles. The number of anilines is 2. The molecule has 1 heterocycles. The number of imide groups is 1. The first kappa shape index (κ1) is 21.2. The van der Waals surface area contributed by atoms with Gasteiger partial charge in [0.1, 0.15) is 17.2 Å². The fraction of sp³-hybridized carbons (Fsp3) is 0.154. The van der Waals surface area contributed by atoms with Crippen molar-refractivity contribution in [2.45, 2.75) is 13.3 Å². The van der Waals surface area contributed by atoms with Gasteiger partial charge in [-0.1, -0.05) is 49.4 Å². The normalized spacial score (nSPS) is 13.5. The van der Waals surface area contributed by atoms with E-state index in [0.717, 1.165) is 12.0 Å². The summed E-state index contributed by atoms with van der Waals surface area (Å²) in [6, 6.07) is 21.9. The zero-order chi connectivity index (χ0) is 22.7. The Morgan fingerprint density at radius 2 is 1.56 bits per heavy atom. The van der Waals surface area contributed by atoms with Gasteiger partial charge in [0.15, 0.2) is 0 Å². The number of hydrogen-bond donors (Lipinski definition) is 1. The molecule has 0 aliphatic carbocycles. The highest BCUT2D eigenvalue weighted by Crippen LogP contribution is 2.36. The van der Waals surface area contributed by atoms with Crippen LogP contribution in [0.4, 0.5) is 11.4 Å². The van der Waals surface area contributed by atoms with E-state index in [1.165, 1.54) is 12.0 Å². The van der Waals surface area contributed by atoms with Crippen LogP contribution in [0.2, 0.25) is 0 Å². The molecule has 0 aromatic heterocycles. The van der Waals surface area contributed by atoms with E-state index >= 15 is 0 Å². The fourth-order valence-corrected chi connectivity index (χ4v) is 3.67. The van der Waals surface area contributed by atoms with E-state index in [2.05, 4.69) is 12.2 Å². The molecule has 0 spiro atoms. The molecule has 0 fully saturated rings. The maximum atomic E-state index is 13.5. The molecule has 3 aromatic rings. The second kappa shape index (κ2) is 8.98. The molecule has 4 rings (SSSR count). The van der Waals surface area contributed by atoms with E-state index < -0.39 is 5.91 Å². The van der Waals surface area contributed by atoms with Crippen molar-refractivity contribution < 1.29 is 19.1 Å². The molecule has 6 heteroatoms. The third-order valence-corrected chi connectivity index (χ3v) is 5.42. The number of carbonyl (C=O) groups excluding carboxylic acids is 2. The molecule has 0 saturated carbocycles. The number of methoxy groups -OCH3 is 2. The Labute approximate surface area is 187 Å². The summed E-state index contributed by atoms with van der Waals surface area (Å²) >= 11 is 0. The van der Waals surface area contributed by atoms with Crippen LogP contribution in [0.15, 0.2) is 78.5 Å². The number of aryl methyl sites for hydroxylation is 1. The predicted molar refractivity (Wildman–Crippen MR) is 125 cm³/mol. The minimum atomic E-state index is -0.420. The van der Waals surface area contributed by atoms with Gasteiger partial charge < -0.3 is 14.8 Å². The van der Waals surface area contributed by atoms with E-state index in [9.17, 15) is 9.59 Å². The number of nitrogens with one attached hydrogen (secondary N) is 1. The van der Waals surface area contributed by atoms with E-state index in [-0.39, 0.29) is 11.6 Å². The van der Waals surface area contributed by atoms with Crippen molar-refractivity contribution in [2.24, 2.45) is 0 Å². The lowest BCUT2D eigenvalue weighted by Crippen LogP contribution is -2.32. The second-order valence-corrected chi connectivity index (χ2v) is 7.27. The molecular formula is C26H24N2O4. The number of rotatable bonds is 7. The van der Waals surface area contributed by atoms with Gasteiger partial charge in [0, 0.05) is 6.07 Å². The van der Waals surface area contributed by atoms with E-state index in [1.807, 2.05) is 42.5 Å². The van der Waals surface area contributed by atoms with Gasteiger partial charge in [-0.25, -0.2) is 4.90 Å². The molecule has 1 aliphatic rings. The van der Waals surface area contributed by atoms with E-state index in [1.54, 1.807) is 37.4 Å². The van der Waals surface area contributed by atoms with E-state index in [0.29, 0.717) is 34.0 Å². The molecule has 0 radical (unpaired) electrons. The number of amides is 2. The molecule has 0 bridgehead atoms. The summed E-state index contributed by atoms with van der Waals surface area (Å²) < 4.78 is 10.7. The molecule has 0 atom stereocenters. The third kappa shape index (κ3) is 3.83. The van der Waals surface area contributed by atoms with Gasteiger partial charge in [0.05, 0.1) is 31.2 Å². The van der Waals surface area contributed by atoms with Crippen molar-refractivity contribution in [1.29, 1.82) is 0 Å². The molecule has 1 aliphatic heterocycles. The summed E-state index contributed by atoms with van der Waals surface area (Å²) in [6.45, 7) is 2.06. The average Bonchev–Trinajstić information content (AvgIpc) is 3.09. The maximum Gasteiger partial charge on any atom is 0.282 e. The van der Waals surface area contributed by atoms with Gasteiger partial charge >= 0.3 is 0 Å². The standard InChI is InChI=1S/C26H24N2O4/c1-4-17-10-12-19(13-11-17)28-25(29)23(18-8-6-5-7-9-18)24(26(28)30)27-21-15-14-20(31-2)16-22(21)32-3/h5-16,27H,4H2,1-3H3. The fourth-order valence-electron chi connectivity index (χ4n) is 3.67. The van der Waals surface area contributed by atoms with Crippen molar-refractivity contribution >= 4 is 28.8 Å². The van der Waals surface area contributed by atoms with Crippen LogP contribution in [-0.2, 0) is 16.0 Å². The average molecular weight is 428 g/mol. The molecule has 162 valence electrons. The Bertz CT molecular complexity index is 1180. The summed E-state index contributed by atoms with van der Waals surface area (Å²) in [5, 5.41) is 3.15. The quantitative estimate of drug-likeness (QED) is 0.554. The largest absolute Gasteiger partial charge is 0.497 e. The highest BCUT2D eigenvalue weighted by Gasteiger charge is 2.40. The smallest absolute Gasteiger partial charge is 0.282 e. The van der Waals surface area contributed by atoms with Crippen LogP contribution in [0.25, 0.3) is 5.57 Å². The van der Waals surface area contributed by atoms with Crippen molar-refractivity contribution in [3.05, 3.63) is 89.6 Å². The van der Waals surface area contributed by atoms with Gasteiger partial charge in [0.25, 0.3) is 11.8 Å². The number of carbonyl (C=O) groups is 2. The zero-order valence-corrected chi connectivity index (χ0v) is 18.2. The zero-order valence-electron chi connectivity index (χ0n) is 18.2. The van der Waals surface area contributed by atoms with Crippen LogP contribution in [-0.4, -0.2) is 26.0 Å². The molecule has 32 heavy (non-hydrogen) atoms. The SMILES string of the molecule is CCc1ccc(N2C(=O)C(Nc3ccc(OC)cc3OC)=C(c3ccccc3)C2=O)cc1. The molecular weight excluding hydrogens is 404 g/mol. The molecule has 1 N–H and O–H groups in total. The number of hydrogen-bond acceptors (Lipinski definition) is 5. The Morgan fingerprint density at radius 3 is 2.19 bits per heavy atom. The molecule has 2 amide bonds. The molecule has 0 saturated heterocycles. The summed E-state index contributed by atoms with van der Waals surface area (Å²) in [5.41, 5.74) is 3.39.